The number of hydrogen-bond donors (Lipinski definition) is 1. The molecule has 17 heavy (non-hydrogen) atoms. The maximum absolute atomic E-state index is 5.57. The quantitative estimate of drug-likeness (QED) is 0.713. The minimum absolute atomic E-state index is 0.690. The zero-order chi connectivity index (χ0) is 11.9. The number of hydrogen-bond acceptors (Lipinski definition) is 4. The Morgan fingerprint density at radius 1 is 1.12 bits per heavy atom. The van der Waals surface area contributed by atoms with E-state index in [-0.39, 0.29) is 0 Å². The maximum Gasteiger partial charge on any atom is 0.0621 e. The van der Waals surface area contributed by atoms with Gasteiger partial charge in [0.25, 0.3) is 0 Å². The number of rotatable bonds is 5. The predicted molar refractivity (Wildman–Crippen MR) is 70.1 cm³/mol. The van der Waals surface area contributed by atoms with Gasteiger partial charge in [0.1, 0.15) is 0 Å². The second-order valence-electron chi connectivity index (χ2n) is 5.24. The molecule has 2 aliphatic rings. The molecule has 0 saturated carbocycles. The molecule has 2 rings (SSSR count). The fraction of sp³-hybridized carbons (Fsp3) is 1.00. The molecule has 100 valence electrons. The van der Waals surface area contributed by atoms with Gasteiger partial charge in [-0.1, -0.05) is 0 Å². The van der Waals surface area contributed by atoms with Crippen LogP contribution in [0.3, 0.4) is 0 Å². The fourth-order valence-electron chi connectivity index (χ4n) is 2.84. The average Bonchev–Trinajstić information content (AvgIpc) is 2.41. The van der Waals surface area contributed by atoms with E-state index < -0.39 is 0 Å². The lowest BCUT2D eigenvalue weighted by molar-refractivity contribution is -0.00169. The number of nitrogens with two attached hydrogens (primary N) is 1. The van der Waals surface area contributed by atoms with Crippen LogP contribution < -0.4 is 5.73 Å². The molecule has 1 unspecified atom stereocenters. The van der Waals surface area contributed by atoms with Crippen LogP contribution >= 0.6 is 0 Å². The average molecular weight is 241 g/mol. The summed E-state index contributed by atoms with van der Waals surface area (Å²) in [6, 6.07) is 0.690. The summed E-state index contributed by atoms with van der Waals surface area (Å²) in [6.07, 6.45) is 4.98. The monoisotopic (exact) mass is 241 g/mol. The SMILES string of the molecule is NCCCCN1CCN(C2CCCOC2)CC1. The van der Waals surface area contributed by atoms with Crippen LogP contribution in [0.1, 0.15) is 25.7 Å². The molecule has 0 spiro atoms. The summed E-state index contributed by atoms with van der Waals surface area (Å²) < 4.78 is 5.57. The minimum atomic E-state index is 0.690. The first-order valence-electron chi connectivity index (χ1n) is 7.14. The van der Waals surface area contributed by atoms with Gasteiger partial charge in [-0.25, -0.2) is 0 Å². The first kappa shape index (κ1) is 13.3. The van der Waals surface area contributed by atoms with E-state index in [2.05, 4.69) is 9.80 Å². The van der Waals surface area contributed by atoms with Crippen LogP contribution in [-0.2, 0) is 4.74 Å². The molecule has 4 nitrogen and oxygen atoms in total. The summed E-state index contributed by atoms with van der Waals surface area (Å²) in [6.45, 7) is 8.86. The Morgan fingerprint density at radius 2 is 1.94 bits per heavy atom. The van der Waals surface area contributed by atoms with Crippen molar-refractivity contribution in [1.29, 1.82) is 0 Å². The van der Waals surface area contributed by atoms with Crippen LogP contribution in [0.25, 0.3) is 0 Å². The van der Waals surface area contributed by atoms with Crippen molar-refractivity contribution in [2.45, 2.75) is 31.7 Å². The molecule has 2 N–H and O–H groups in total. The first-order valence-corrected chi connectivity index (χ1v) is 7.14. The van der Waals surface area contributed by atoms with Crippen LogP contribution in [0.15, 0.2) is 0 Å². The van der Waals surface area contributed by atoms with Gasteiger partial charge in [0.15, 0.2) is 0 Å². The molecule has 4 heteroatoms. The zero-order valence-corrected chi connectivity index (χ0v) is 10.9. The van der Waals surface area contributed by atoms with E-state index in [0.29, 0.717) is 6.04 Å². The molecule has 0 aromatic carbocycles. The van der Waals surface area contributed by atoms with Gasteiger partial charge in [0.2, 0.25) is 0 Å². The highest BCUT2D eigenvalue weighted by molar-refractivity contribution is 4.80. The molecule has 2 fully saturated rings. The summed E-state index contributed by atoms with van der Waals surface area (Å²) in [5, 5.41) is 0. The molecule has 0 aromatic rings. The van der Waals surface area contributed by atoms with Gasteiger partial charge in [-0.3, -0.25) is 4.90 Å². The van der Waals surface area contributed by atoms with E-state index in [9.17, 15) is 0 Å². The van der Waals surface area contributed by atoms with Gasteiger partial charge in [-0.15, -0.1) is 0 Å². The largest absolute Gasteiger partial charge is 0.380 e. The van der Waals surface area contributed by atoms with E-state index in [1.807, 2.05) is 0 Å². The Balaban J connectivity index is 1.63. The van der Waals surface area contributed by atoms with Crippen molar-refractivity contribution in [3.05, 3.63) is 0 Å². The molecule has 0 aliphatic carbocycles. The predicted octanol–water partition coefficient (Wildman–Crippen LogP) is 0.522. The summed E-state index contributed by atoms with van der Waals surface area (Å²) in [4.78, 5) is 5.20. The van der Waals surface area contributed by atoms with E-state index >= 15 is 0 Å². The zero-order valence-electron chi connectivity index (χ0n) is 10.9. The molecule has 0 radical (unpaired) electrons. The standard InChI is InChI=1S/C13H27N3O/c14-5-1-2-6-15-7-9-16(10-8-15)13-4-3-11-17-12-13/h13H,1-12,14H2. The lowest BCUT2D eigenvalue weighted by Gasteiger charge is -2.40. The number of nitrogens with zero attached hydrogens (tertiary/aromatic N) is 2. The smallest absolute Gasteiger partial charge is 0.0621 e. The molecule has 1 atom stereocenters. The summed E-state index contributed by atoms with van der Waals surface area (Å²) in [5.74, 6) is 0. The second kappa shape index (κ2) is 7.31. The Morgan fingerprint density at radius 3 is 2.59 bits per heavy atom. The molecule has 0 amide bonds. The molecule has 0 bridgehead atoms. The van der Waals surface area contributed by atoms with Crippen LogP contribution in [0.5, 0.6) is 0 Å². The van der Waals surface area contributed by atoms with Crippen LogP contribution in [0, 0.1) is 0 Å². The third-order valence-corrected chi connectivity index (χ3v) is 3.99. The van der Waals surface area contributed by atoms with Crippen LogP contribution in [0.4, 0.5) is 0 Å². The van der Waals surface area contributed by atoms with Gasteiger partial charge in [0, 0.05) is 38.8 Å². The Bertz CT molecular complexity index is 199. The number of piperazine rings is 1. The first-order chi connectivity index (χ1) is 8.40. The highest BCUT2D eigenvalue weighted by atomic mass is 16.5. The lowest BCUT2D eigenvalue weighted by atomic mass is 10.1. The van der Waals surface area contributed by atoms with Gasteiger partial charge >= 0.3 is 0 Å². The highest BCUT2D eigenvalue weighted by Gasteiger charge is 2.25. The third-order valence-electron chi connectivity index (χ3n) is 3.99. The Labute approximate surface area is 105 Å². The van der Waals surface area contributed by atoms with E-state index in [0.717, 1.165) is 26.2 Å². The summed E-state index contributed by atoms with van der Waals surface area (Å²) in [5.41, 5.74) is 5.52. The summed E-state index contributed by atoms with van der Waals surface area (Å²) >= 11 is 0. The van der Waals surface area contributed by atoms with Gasteiger partial charge < -0.3 is 15.4 Å². The minimum Gasteiger partial charge on any atom is -0.380 e. The second-order valence-corrected chi connectivity index (χ2v) is 5.24. The van der Waals surface area contributed by atoms with Crippen LogP contribution in [0.2, 0.25) is 0 Å². The van der Waals surface area contributed by atoms with E-state index in [4.69, 9.17) is 10.5 Å². The van der Waals surface area contributed by atoms with Crippen molar-refractivity contribution in [2.24, 2.45) is 5.73 Å². The normalized spacial score (nSPS) is 28.4. The Hall–Kier alpha value is -0.160. The van der Waals surface area contributed by atoms with Crippen molar-refractivity contribution >= 4 is 0 Å². The third kappa shape index (κ3) is 4.21. The van der Waals surface area contributed by atoms with E-state index in [1.54, 1.807) is 0 Å². The molecule has 2 aliphatic heterocycles. The van der Waals surface area contributed by atoms with Crippen LogP contribution in [-0.4, -0.2) is 68.3 Å². The van der Waals surface area contributed by atoms with Crippen molar-refractivity contribution < 1.29 is 4.74 Å². The van der Waals surface area contributed by atoms with Gasteiger partial charge in [-0.05, 0) is 38.8 Å². The van der Waals surface area contributed by atoms with E-state index in [1.165, 1.54) is 52.0 Å². The molecular formula is C13H27N3O. The molecular weight excluding hydrogens is 214 g/mol. The van der Waals surface area contributed by atoms with Gasteiger partial charge in [-0.2, -0.15) is 0 Å². The molecule has 2 saturated heterocycles. The number of unbranched alkanes of at least 4 members (excludes halogenated alkanes) is 1. The maximum atomic E-state index is 5.57. The topological polar surface area (TPSA) is 41.7 Å². The fourth-order valence-corrected chi connectivity index (χ4v) is 2.84. The molecule has 0 aromatic heterocycles. The highest BCUT2D eigenvalue weighted by Crippen LogP contribution is 2.15. The number of ether oxygens (including phenoxy) is 1. The van der Waals surface area contributed by atoms with Crippen molar-refractivity contribution in [1.82, 2.24) is 9.80 Å². The van der Waals surface area contributed by atoms with Crippen molar-refractivity contribution in [2.75, 3.05) is 52.5 Å². The Kier molecular flexibility index (Phi) is 5.71. The van der Waals surface area contributed by atoms with Crippen molar-refractivity contribution in [3.8, 4) is 0 Å². The van der Waals surface area contributed by atoms with Gasteiger partial charge in [0.05, 0.1) is 6.61 Å². The lowest BCUT2D eigenvalue weighted by Crippen LogP contribution is -2.52. The molecule has 2 heterocycles. The van der Waals surface area contributed by atoms with Crippen molar-refractivity contribution in [3.63, 3.8) is 0 Å². The summed E-state index contributed by atoms with van der Waals surface area (Å²) in [7, 11) is 0.